The molecule has 0 radical (unpaired) electrons. The standard InChI is InChI=1S/C17H21ClN2O2S/c1-17(2,3)22-16(21)20-9-7-19(8-10-20)13-5-4-6-14-12(13)11-15(18)23-14/h4-6,11H,7-10H2,1-3H3. The molecule has 3 rings (SSSR count). The summed E-state index contributed by atoms with van der Waals surface area (Å²) in [7, 11) is 0. The van der Waals surface area contributed by atoms with Crippen LogP contribution in [0.15, 0.2) is 24.3 Å². The minimum Gasteiger partial charge on any atom is -0.444 e. The van der Waals surface area contributed by atoms with Gasteiger partial charge in [-0.2, -0.15) is 0 Å². The number of anilines is 1. The molecule has 0 aliphatic carbocycles. The average Bonchev–Trinajstić information content (AvgIpc) is 2.85. The summed E-state index contributed by atoms with van der Waals surface area (Å²) in [5.41, 5.74) is 0.738. The zero-order valence-electron chi connectivity index (χ0n) is 13.6. The van der Waals surface area contributed by atoms with Gasteiger partial charge in [0.2, 0.25) is 0 Å². The van der Waals surface area contributed by atoms with Gasteiger partial charge in [0.1, 0.15) is 5.60 Å². The van der Waals surface area contributed by atoms with Gasteiger partial charge >= 0.3 is 6.09 Å². The van der Waals surface area contributed by atoms with E-state index < -0.39 is 5.60 Å². The molecule has 0 spiro atoms. The van der Waals surface area contributed by atoms with E-state index in [1.165, 1.54) is 15.8 Å². The summed E-state index contributed by atoms with van der Waals surface area (Å²) < 4.78 is 7.45. The zero-order valence-corrected chi connectivity index (χ0v) is 15.2. The van der Waals surface area contributed by atoms with Crippen LogP contribution in [-0.4, -0.2) is 42.8 Å². The Morgan fingerprint density at radius 2 is 1.91 bits per heavy atom. The Kier molecular flexibility index (Phi) is 4.43. The molecule has 1 fully saturated rings. The van der Waals surface area contributed by atoms with Crippen LogP contribution in [0.25, 0.3) is 10.1 Å². The highest BCUT2D eigenvalue weighted by Crippen LogP contribution is 2.36. The number of nitrogens with zero attached hydrogens (tertiary/aromatic N) is 2. The molecule has 124 valence electrons. The maximum absolute atomic E-state index is 12.1. The summed E-state index contributed by atoms with van der Waals surface area (Å²) in [6.07, 6.45) is -0.228. The lowest BCUT2D eigenvalue weighted by atomic mass is 10.2. The van der Waals surface area contributed by atoms with Gasteiger partial charge in [0.05, 0.1) is 4.34 Å². The summed E-state index contributed by atoms with van der Waals surface area (Å²) in [6, 6.07) is 8.29. The quantitative estimate of drug-likeness (QED) is 0.751. The molecular weight excluding hydrogens is 332 g/mol. The molecule has 2 aromatic rings. The van der Waals surface area contributed by atoms with Crippen LogP contribution in [0.5, 0.6) is 0 Å². The van der Waals surface area contributed by atoms with E-state index in [0.29, 0.717) is 13.1 Å². The van der Waals surface area contributed by atoms with Crippen LogP contribution in [0.2, 0.25) is 4.34 Å². The number of fused-ring (bicyclic) bond motifs is 1. The lowest BCUT2D eigenvalue weighted by Crippen LogP contribution is -2.50. The van der Waals surface area contributed by atoms with Crippen LogP contribution in [0, 0.1) is 0 Å². The first-order valence-corrected chi connectivity index (χ1v) is 8.94. The van der Waals surface area contributed by atoms with Crippen molar-refractivity contribution >= 4 is 44.8 Å². The van der Waals surface area contributed by atoms with Gasteiger partial charge in [-0.1, -0.05) is 17.7 Å². The minimum absolute atomic E-state index is 0.228. The van der Waals surface area contributed by atoms with Gasteiger partial charge in [0, 0.05) is 42.0 Å². The molecule has 0 N–H and O–H groups in total. The second-order valence-corrected chi connectivity index (χ2v) is 8.41. The van der Waals surface area contributed by atoms with Crippen molar-refractivity contribution in [2.75, 3.05) is 31.1 Å². The van der Waals surface area contributed by atoms with Crippen molar-refractivity contribution in [3.63, 3.8) is 0 Å². The van der Waals surface area contributed by atoms with Crippen molar-refractivity contribution in [3.8, 4) is 0 Å². The molecule has 0 unspecified atom stereocenters. The van der Waals surface area contributed by atoms with Crippen LogP contribution >= 0.6 is 22.9 Å². The van der Waals surface area contributed by atoms with Crippen molar-refractivity contribution in [2.24, 2.45) is 0 Å². The van der Waals surface area contributed by atoms with Crippen molar-refractivity contribution in [3.05, 3.63) is 28.6 Å². The van der Waals surface area contributed by atoms with E-state index >= 15 is 0 Å². The molecule has 4 nitrogen and oxygen atoms in total. The molecule has 1 aliphatic heterocycles. The third kappa shape index (κ3) is 3.72. The topological polar surface area (TPSA) is 32.8 Å². The first-order valence-electron chi connectivity index (χ1n) is 7.74. The molecule has 0 atom stereocenters. The van der Waals surface area contributed by atoms with Gasteiger partial charge in [-0.3, -0.25) is 0 Å². The Balaban J connectivity index is 1.70. The number of hydrogen-bond donors (Lipinski definition) is 0. The zero-order chi connectivity index (χ0) is 16.6. The number of rotatable bonds is 1. The summed E-state index contributed by atoms with van der Waals surface area (Å²) in [5, 5.41) is 1.19. The van der Waals surface area contributed by atoms with Crippen molar-refractivity contribution in [1.82, 2.24) is 4.90 Å². The van der Waals surface area contributed by atoms with Gasteiger partial charge in [-0.15, -0.1) is 11.3 Å². The first-order chi connectivity index (χ1) is 10.8. The molecule has 1 amide bonds. The fraction of sp³-hybridized carbons (Fsp3) is 0.471. The van der Waals surface area contributed by atoms with Crippen LogP contribution in [0.1, 0.15) is 20.8 Å². The van der Waals surface area contributed by atoms with E-state index in [2.05, 4.69) is 23.1 Å². The van der Waals surface area contributed by atoms with Crippen LogP contribution in [-0.2, 0) is 4.74 Å². The average molecular weight is 353 g/mol. The van der Waals surface area contributed by atoms with E-state index in [1.807, 2.05) is 26.8 Å². The number of piperazine rings is 1. The smallest absolute Gasteiger partial charge is 0.410 e. The Hall–Kier alpha value is -1.46. The maximum Gasteiger partial charge on any atom is 0.410 e. The highest BCUT2D eigenvalue weighted by Gasteiger charge is 2.26. The second-order valence-electron chi connectivity index (χ2n) is 6.69. The fourth-order valence-corrected chi connectivity index (χ4v) is 3.91. The predicted molar refractivity (Wildman–Crippen MR) is 96.9 cm³/mol. The number of thiophene rings is 1. The lowest BCUT2D eigenvalue weighted by Gasteiger charge is -2.37. The number of hydrogen-bond acceptors (Lipinski definition) is 4. The molecule has 6 heteroatoms. The summed E-state index contributed by atoms with van der Waals surface area (Å²) in [6.45, 7) is 8.61. The number of ether oxygens (including phenoxy) is 1. The van der Waals surface area contributed by atoms with E-state index in [4.69, 9.17) is 16.3 Å². The van der Waals surface area contributed by atoms with E-state index in [1.54, 1.807) is 16.2 Å². The molecule has 1 saturated heterocycles. The lowest BCUT2D eigenvalue weighted by molar-refractivity contribution is 0.0241. The second kappa shape index (κ2) is 6.21. The summed E-state index contributed by atoms with van der Waals surface area (Å²) in [4.78, 5) is 16.2. The van der Waals surface area contributed by atoms with Gasteiger partial charge in [-0.25, -0.2) is 4.79 Å². The third-order valence-electron chi connectivity index (χ3n) is 3.78. The molecule has 0 bridgehead atoms. The van der Waals surface area contributed by atoms with Gasteiger partial charge < -0.3 is 14.5 Å². The van der Waals surface area contributed by atoms with E-state index in [0.717, 1.165) is 17.4 Å². The first kappa shape index (κ1) is 16.4. The largest absolute Gasteiger partial charge is 0.444 e. The number of carbonyl (C=O) groups excluding carboxylic acids is 1. The molecule has 0 saturated carbocycles. The van der Waals surface area contributed by atoms with Crippen LogP contribution in [0.3, 0.4) is 0 Å². The van der Waals surface area contributed by atoms with Gasteiger partial charge in [-0.05, 0) is 39.0 Å². The number of benzene rings is 1. The predicted octanol–water partition coefficient (Wildman–Crippen LogP) is 4.61. The van der Waals surface area contributed by atoms with Crippen molar-refractivity contribution in [1.29, 1.82) is 0 Å². The molecule has 1 aromatic heterocycles. The van der Waals surface area contributed by atoms with E-state index in [-0.39, 0.29) is 6.09 Å². The van der Waals surface area contributed by atoms with Gasteiger partial charge in [0.25, 0.3) is 0 Å². The molecule has 1 aliphatic rings. The Morgan fingerprint density at radius 1 is 1.22 bits per heavy atom. The molecular formula is C17H21ClN2O2S. The Morgan fingerprint density at radius 3 is 2.57 bits per heavy atom. The molecule has 2 heterocycles. The van der Waals surface area contributed by atoms with Gasteiger partial charge in [0.15, 0.2) is 0 Å². The maximum atomic E-state index is 12.1. The van der Waals surface area contributed by atoms with E-state index in [9.17, 15) is 4.79 Å². The fourth-order valence-electron chi connectivity index (χ4n) is 2.75. The highest BCUT2D eigenvalue weighted by atomic mass is 35.5. The normalized spacial score (nSPS) is 16.0. The Labute approximate surface area is 145 Å². The molecule has 23 heavy (non-hydrogen) atoms. The summed E-state index contributed by atoms with van der Waals surface area (Å²) in [5.74, 6) is 0. The SMILES string of the molecule is CC(C)(C)OC(=O)N1CCN(c2cccc3sc(Cl)cc23)CC1. The van der Waals surface area contributed by atoms with Crippen molar-refractivity contribution < 1.29 is 9.53 Å². The Bertz CT molecular complexity index is 715. The van der Waals surface area contributed by atoms with Crippen molar-refractivity contribution in [2.45, 2.75) is 26.4 Å². The molecule has 1 aromatic carbocycles. The highest BCUT2D eigenvalue weighted by molar-refractivity contribution is 7.22. The third-order valence-corrected chi connectivity index (χ3v) is 5.01. The number of amides is 1. The minimum atomic E-state index is -0.451. The van der Waals surface area contributed by atoms with Crippen LogP contribution in [0.4, 0.5) is 10.5 Å². The number of halogens is 1. The monoisotopic (exact) mass is 352 g/mol. The summed E-state index contributed by atoms with van der Waals surface area (Å²) >= 11 is 7.75. The van der Waals surface area contributed by atoms with Crippen LogP contribution < -0.4 is 4.90 Å². The number of carbonyl (C=O) groups is 1.